The van der Waals surface area contributed by atoms with Gasteiger partial charge in [-0.3, -0.25) is 9.89 Å². The van der Waals surface area contributed by atoms with Gasteiger partial charge in [0.15, 0.2) is 5.69 Å². The number of rotatable bonds is 3. The Morgan fingerprint density at radius 1 is 1.38 bits per heavy atom. The van der Waals surface area contributed by atoms with E-state index in [1.54, 1.807) is 0 Å². The van der Waals surface area contributed by atoms with Crippen molar-refractivity contribution in [3.05, 3.63) is 48.2 Å². The van der Waals surface area contributed by atoms with Crippen molar-refractivity contribution in [1.82, 2.24) is 24.6 Å². The summed E-state index contributed by atoms with van der Waals surface area (Å²) in [4.78, 5) is 19.1. The maximum absolute atomic E-state index is 12.9. The quantitative estimate of drug-likeness (QED) is 0.806. The van der Waals surface area contributed by atoms with Crippen molar-refractivity contribution >= 4 is 16.8 Å². The zero-order valence-electron chi connectivity index (χ0n) is 13.8. The van der Waals surface area contributed by atoms with E-state index < -0.39 is 0 Å². The molecule has 1 N–H and O–H groups in total. The first-order valence-electron chi connectivity index (χ1n) is 8.42. The van der Waals surface area contributed by atoms with E-state index in [1.165, 1.54) is 0 Å². The summed E-state index contributed by atoms with van der Waals surface area (Å²) in [5.41, 5.74) is 1.44. The summed E-state index contributed by atoms with van der Waals surface area (Å²) >= 11 is 0. The van der Waals surface area contributed by atoms with Crippen molar-refractivity contribution in [2.24, 2.45) is 5.92 Å². The highest BCUT2D eigenvalue weighted by Gasteiger charge is 2.27. The fourth-order valence-corrected chi connectivity index (χ4v) is 3.55. The summed E-state index contributed by atoms with van der Waals surface area (Å²) in [6, 6.07) is 7.77. The van der Waals surface area contributed by atoms with E-state index in [0.29, 0.717) is 11.6 Å². The number of carbonyl (C=O) groups is 1. The van der Waals surface area contributed by atoms with E-state index in [4.69, 9.17) is 0 Å². The van der Waals surface area contributed by atoms with Crippen LogP contribution in [0.1, 0.15) is 29.2 Å². The number of nitrogens with zero attached hydrogens (tertiary/aromatic N) is 4. The molecule has 24 heavy (non-hydrogen) atoms. The smallest absolute Gasteiger partial charge is 0.275 e. The van der Waals surface area contributed by atoms with E-state index in [2.05, 4.69) is 19.7 Å². The normalized spacial score (nSPS) is 18.2. The molecule has 0 bridgehead atoms. The molecule has 1 aromatic carbocycles. The summed E-state index contributed by atoms with van der Waals surface area (Å²) in [7, 11) is 0. The number of likely N-dealkylation sites (tertiary alicyclic amines) is 1. The van der Waals surface area contributed by atoms with Crippen LogP contribution in [0.3, 0.4) is 0 Å². The van der Waals surface area contributed by atoms with Crippen LogP contribution in [0.2, 0.25) is 0 Å². The Morgan fingerprint density at radius 2 is 2.25 bits per heavy atom. The molecule has 1 fully saturated rings. The Kier molecular flexibility index (Phi) is 3.80. The number of aromatic nitrogens is 4. The highest BCUT2D eigenvalue weighted by molar-refractivity contribution is 6.04. The van der Waals surface area contributed by atoms with Gasteiger partial charge in [0.05, 0.1) is 5.52 Å². The second kappa shape index (κ2) is 6.11. The first-order valence-corrected chi connectivity index (χ1v) is 8.42. The number of aromatic amines is 1. The second-order valence-corrected chi connectivity index (χ2v) is 6.50. The van der Waals surface area contributed by atoms with Gasteiger partial charge in [0.1, 0.15) is 5.82 Å². The number of para-hydroxylation sites is 1. The third-order valence-corrected chi connectivity index (χ3v) is 4.86. The van der Waals surface area contributed by atoms with Crippen molar-refractivity contribution in [2.45, 2.75) is 26.3 Å². The van der Waals surface area contributed by atoms with Gasteiger partial charge in [0.2, 0.25) is 0 Å². The van der Waals surface area contributed by atoms with Gasteiger partial charge < -0.3 is 9.47 Å². The molecule has 1 atom stereocenters. The van der Waals surface area contributed by atoms with Crippen molar-refractivity contribution < 1.29 is 4.79 Å². The Hall–Kier alpha value is -2.63. The molecule has 1 amide bonds. The summed E-state index contributed by atoms with van der Waals surface area (Å²) in [5.74, 6) is 1.51. The summed E-state index contributed by atoms with van der Waals surface area (Å²) in [6.45, 7) is 4.51. The standard InChI is InChI=1S/C18H21N5O/c1-13-19-8-10-22(13)11-14-5-4-9-23(12-14)18(24)17-15-6-2-3-7-16(15)20-21-17/h2-3,6-8,10,14H,4-5,9,11-12H2,1H3,(H,20,21)/t14-/m1/s1. The Bertz CT molecular complexity index is 865. The topological polar surface area (TPSA) is 66.8 Å². The molecule has 6 heteroatoms. The molecule has 0 spiro atoms. The van der Waals surface area contributed by atoms with Crippen molar-refractivity contribution in [1.29, 1.82) is 0 Å². The van der Waals surface area contributed by atoms with Crippen LogP contribution >= 0.6 is 0 Å². The maximum Gasteiger partial charge on any atom is 0.275 e. The predicted octanol–water partition coefficient (Wildman–Crippen LogP) is 2.62. The maximum atomic E-state index is 12.9. The van der Waals surface area contributed by atoms with Gasteiger partial charge in [0.25, 0.3) is 5.91 Å². The van der Waals surface area contributed by atoms with E-state index in [-0.39, 0.29) is 5.91 Å². The van der Waals surface area contributed by atoms with E-state index >= 15 is 0 Å². The number of H-pyrrole nitrogens is 1. The average Bonchev–Trinajstić information content (AvgIpc) is 3.21. The van der Waals surface area contributed by atoms with Gasteiger partial charge in [-0.15, -0.1) is 0 Å². The van der Waals surface area contributed by atoms with Gasteiger partial charge in [-0.2, -0.15) is 5.10 Å². The Balaban J connectivity index is 1.51. The Morgan fingerprint density at radius 3 is 3.08 bits per heavy atom. The number of aryl methyl sites for hydroxylation is 1. The number of amides is 1. The molecule has 4 rings (SSSR count). The number of nitrogens with one attached hydrogen (secondary N) is 1. The van der Waals surface area contributed by atoms with Crippen molar-refractivity contribution in [3.8, 4) is 0 Å². The molecule has 0 unspecified atom stereocenters. The number of hydrogen-bond donors (Lipinski definition) is 1. The molecule has 3 heterocycles. The van der Waals surface area contributed by atoms with Gasteiger partial charge in [-0.25, -0.2) is 4.98 Å². The predicted molar refractivity (Wildman–Crippen MR) is 91.7 cm³/mol. The minimum Gasteiger partial charge on any atom is -0.337 e. The third-order valence-electron chi connectivity index (χ3n) is 4.86. The monoisotopic (exact) mass is 323 g/mol. The van der Waals surface area contributed by atoms with Crippen LogP contribution in [-0.4, -0.2) is 43.6 Å². The molecule has 6 nitrogen and oxygen atoms in total. The minimum absolute atomic E-state index is 0.0273. The lowest BCUT2D eigenvalue weighted by molar-refractivity contribution is 0.0658. The molecule has 0 saturated carbocycles. The van der Waals surface area contributed by atoms with Crippen molar-refractivity contribution in [2.75, 3.05) is 13.1 Å². The van der Waals surface area contributed by atoms with E-state index in [1.807, 2.05) is 48.5 Å². The minimum atomic E-state index is 0.0273. The lowest BCUT2D eigenvalue weighted by atomic mass is 9.97. The van der Waals surface area contributed by atoms with Crippen LogP contribution in [-0.2, 0) is 6.54 Å². The van der Waals surface area contributed by atoms with Gasteiger partial charge >= 0.3 is 0 Å². The lowest BCUT2D eigenvalue weighted by Crippen LogP contribution is -2.41. The third kappa shape index (κ3) is 2.68. The molecule has 3 aromatic rings. The van der Waals surface area contributed by atoms with Gasteiger partial charge in [-0.05, 0) is 31.7 Å². The molecular formula is C18H21N5O. The molecule has 0 aliphatic carbocycles. The number of imidazole rings is 1. The number of carbonyl (C=O) groups excluding carboxylic acids is 1. The molecular weight excluding hydrogens is 302 g/mol. The summed E-state index contributed by atoms with van der Waals surface area (Å²) in [5, 5.41) is 8.11. The van der Waals surface area contributed by atoms with Crippen LogP contribution in [0, 0.1) is 12.8 Å². The molecule has 1 aliphatic heterocycles. The molecule has 1 aliphatic rings. The fraction of sp³-hybridized carbons (Fsp3) is 0.389. The van der Waals surface area contributed by atoms with Crippen LogP contribution in [0.15, 0.2) is 36.7 Å². The molecule has 0 radical (unpaired) electrons. The fourth-order valence-electron chi connectivity index (χ4n) is 3.55. The van der Waals surface area contributed by atoms with Crippen LogP contribution in [0.4, 0.5) is 0 Å². The lowest BCUT2D eigenvalue weighted by Gasteiger charge is -2.32. The first kappa shape index (κ1) is 14.9. The SMILES string of the molecule is Cc1nccn1C[C@H]1CCCN(C(=O)c2n[nH]c3ccccc23)C1. The highest BCUT2D eigenvalue weighted by Crippen LogP contribution is 2.23. The van der Waals surface area contributed by atoms with Gasteiger partial charge in [-0.1, -0.05) is 18.2 Å². The zero-order chi connectivity index (χ0) is 16.5. The molecule has 124 valence electrons. The summed E-state index contributed by atoms with van der Waals surface area (Å²) < 4.78 is 2.17. The van der Waals surface area contributed by atoms with Crippen LogP contribution in [0.5, 0.6) is 0 Å². The number of benzene rings is 1. The highest BCUT2D eigenvalue weighted by atomic mass is 16.2. The van der Waals surface area contributed by atoms with Crippen molar-refractivity contribution in [3.63, 3.8) is 0 Å². The van der Waals surface area contributed by atoms with Crippen LogP contribution in [0.25, 0.3) is 10.9 Å². The summed E-state index contributed by atoms with van der Waals surface area (Å²) in [6.07, 6.45) is 6.02. The number of piperidine rings is 1. The van der Waals surface area contributed by atoms with Gasteiger partial charge in [0, 0.05) is 37.4 Å². The largest absolute Gasteiger partial charge is 0.337 e. The van der Waals surface area contributed by atoms with E-state index in [0.717, 1.165) is 49.2 Å². The second-order valence-electron chi connectivity index (χ2n) is 6.50. The number of hydrogen-bond acceptors (Lipinski definition) is 3. The number of fused-ring (bicyclic) bond motifs is 1. The van der Waals surface area contributed by atoms with E-state index in [9.17, 15) is 4.79 Å². The zero-order valence-corrected chi connectivity index (χ0v) is 13.8. The molecule has 2 aromatic heterocycles. The molecule has 1 saturated heterocycles. The van der Waals surface area contributed by atoms with Crippen LogP contribution < -0.4 is 0 Å². The average molecular weight is 323 g/mol. The Labute approximate surface area is 140 Å². The first-order chi connectivity index (χ1) is 11.7.